The minimum Gasteiger partial charge on any atom is -0.480 e. The maximum Gasteiger partial charge on any atom is 0.326 e. The van der Waals surface area contributed by atoms with Crippen LogP contribution in [0.5, 0.6) is 0 Å². The molecule has 120 valence electrons. The molecule has 2 rings (SSSR count). The first-order valence-corrected chi connectivity index (χ1v) is 8.21. The molecule has 21 heavy (non-hydrogen) atoms. The molecular formula is C16H27NO4. The van der Waals surface area contributed by atoms with Crippen LogP contribution >= 0.6 is 0 Å². The van der Waals surface area contributed by atoms with Crippen LogP contribution in [0.25, 0.3) is 0 Å². The molecule has 0 bridgehead atoms. The van der Waals surface area contributed by atoms with Gasteiger partial charge in [-0.2, -0.15) is 0 Å². The molecule has 1 aliphatic heterocycles. The van der Waals surface area contributed by atoms with Gasteiger partial charge in [0.05, 0.1) is 6.10 Å². The third kappa shape index (κ3) is 3.96. The fraction of sp³-hybridized carbons (Fsp3) is 0.875. The number of carboxylic acids is 1. The van der Waals surface area contributed by atoms with Crippen molar-refractivity contribution in [3.05, 3.63) is 0 Å². The molecule has 3 unspecified atom stereocenters. The van der Waals surface area contributed by atoms with Crippen LogP contribution in [-0.2, 0) is 14.3 Å². The first-order valence-electron chi connectivity index (χ1n) is 8.21. The van der Waals surface area contributed by atoms with Gasteiger partial charge in [-0.25, -0.2) is 4.79 Å². The molecule has 2 fully saturated rings. The molecule has 1 saturated carbocycles. The molecule has 1 heterocycles. The van der Waals surface area contributed by atoms with Crippen molar-refractivity contribution in [1.29, 1.82) is 0 Å². The zero-order valence-corrected chi connectivity index (χ0v) is 13.1. The summed E-state index contributed by atoms with van der Waals surface area (Å²) < 4.78 is 5.95. The van der Waals surface area contributed by atoms with E-state index in [1.165, 1.54) is 4.90 Å². The normalized spacial score (nSPS) is 28.6. The second-order valence-corrected chi connectivity index (χ2v) is 6.45. The predicted molar refractivity (Wildman–Crippen MR) is 79.0 cm³/mol. The van der Waals surface area contributed by atoms with Gasteiger partial charge >= 0.3 is 5.97 Å². The zero-order chi connectivity index (χ0) is 15.4. The Hall–Kier alpha value is -1.10. The minimum atomic E-state index is -0.898. The van der Waals surface area contributed by atoms with Gasteiger partial charge in [0.25, 0.3) is 5.91 Å². The van der Waals surface area contributed by atoms with E-state index in [0.717, 1.165) is 32.1 Å². The van der Waals surface area contributed by atoms with Crippen LogP contribution in [0, 0.1) is 5.92 Å². The molecule has 0 aromatic rings. The molecule has 3 atom stereocenters. The van der Waals surface area contributed by atoms with Gasteiger partial charge in [0.2, 0.25) is 0 Å². The summed E-state index contributed by atoms with van der Waals surface area (Å²) >= 11 is 0. The van der Waals surface area contributed by atoms with Gasteiger partial charge in [-0.15, -0.1) is 0 Å². The first kappa shape index (κ1) is 16.3. The molecule has 5 heteroatoms. The number of amides is 1. The SMILES string of the molecule is CCC(OC1CCCC1)C(=O)N1CCC(C)CC1C(=O)O. The maximum atomic E-state index is 12.7. The van der Waals surface area contributed by atoms with Gasteiger partial charge in [0.1, 0.15) is 12.1 Å². The van der Waals surface area contributed by atoms with Crippen LogP contribution in [0.2, 0.25) is 0 Å². The number of carbonyl (C=O) groups excluding carboxylic acids is 1. The topological polar surface area (TPSA) is 66.8 Å². The van der Waals surface area contributed by atoms with Crippen LogP contribution < -0.4 is 0 Å². The molecule has 0 aromatic heterocycles. The molecule has 5 nitrogen and oxygen atoms in total. The highest BCUT2D eigenvalue weighted by atomic mass is 16.5. The Morgan fingerprint density at radius 3 is 2.52 bits per heavy atom. The van der Waals surface area contributed by atoms with Crippen LogP contribution in [0.3, 0.4) is 0 Å². The number of carbonyl (C=O) groups is 2. The number of ether oxygens (including phenoxy) is 1. The summed E-state index contributed by atoms with van der Waals surface area (Å²) in [4.78, 5) is 25.6. The van der Waals surface area contributed by atoms with E-state index in [9.17, 15) is 14.7 Å². The summed E-state index contributed by atoms with van der Waals surface area (Å²) in [6, 6.07) is -0.692. The first-order chi connectivity index (χ1) is 10.0. The van der Waals surface area contributed by atoms with E-state index >= 15 is 0 Å². The van der Waals surface area contributed by atoms with E-state index in [4.69, 9.17) is 4.74 Å². The average molecular weight is 297 g/mol. The fourth-order valence-corrected chi connectivity index (χ4v) is 3.41. The summed E-state index contributed by atoms with van der Waals surface area (Å²) in [6.07, 6.45) is 6.06. The van der Waals surface area contributed by atoms with Crippen molar-refractivity contribution in [3.8, 4) is 0 Å². The highest BCUT2D eigenvalue weighted by molar-refractivity contribution is 5.86. The predicted octanol–water partition coefficient (Wildman–Crippen LogP) is 2.44. The molecule has 0 radical (unpaired) electrons. The van der Waals surface area contributed by atoms with E-state index in [0.29, 0.717) is 25.3 Å². The maximum absolute atomic E-state index is 12.7. The van der Waals surface area contributed by atoms with E-state index in [1.807, 2.05) is 13.8 Å². The van der Waals surface area contributed by atoms with Crippen molar-refractivity contribution < 1.29 is 19.4 Å². The highest BCUT2D eigenvalue weighted by Crippen LogP contribution is 2.27. The average Bonchev–Trinajstić information content (AvgIpc) is 2.97. The lowest BCUT2D eigenvalue weighted by atomic mass is 9.92. The molecule has 2 aliphatic rings. The highest BCUT2D eigenvalue weighted by Gasteiger charge is 2.38. The molecule has 0 spiro atoms. The number of piperidine rings is 1. The van der Waals surface area contributed by atoms with Crippen molar-refractivity contribution in [3.63, 3.8) is 0 Å². The van der Waals surface area contributed by atoms with Crippen LogP contribution in [0.15, 0.2) is 0 Å². The number of aliphatic carboxylic acids is 1. The van der Waals surface area contributed by atoms with Gasteiger partial charge in [-0.3, -0.25) is 4.79 Å². The lowest BCUT2D eigenvalue weighted by molar-refractivity contribution is -0.161. The summed E-state index contributed by atoms with van der Waals surface area (Å²) in [6.45, 7) is 4.51. The Bertz CT molecular complexity index is 378. The molecular weight excluding hydrogens is 270 g/mol. The summed E-state index contributed by atoms with van der Waals surface area (Å²) in [5.74, 6) is -0.680. The van der Waals surface area contributed by atoms with Gasteiger partial charge in [-0.05, 0) is 38.0 Å². The summed E-state index contributed by atoms with van der Waals surface area (Å²) in [5.41, 5.74) is 0. The molecule has 1 N–H and O–H groups in total. The van der Waals surface area contributed by atoms with Gasteiger partial charge in [0, 0.05) is 6.54 Å². The molecule has 1 amide bonds. The quantitative estimate of drug-likeness (QED) is 0.846. The molecule has 0 aromatic carbocycles. The fourth-order valence-electron chi connectivity index (χ4n) is 3.41. The largest absolute Gasteiger partial charge is 0.480 e. The second-order valence-electron chi connectivity index (χ2n) is 6.45. The zero-order valence-electron chi connectivity index (χ0n) is 13.1. The number of nitrogens with zero attached hydrogens (tertiary/aromatic N) is 1. The number of hydrogen-bond donors (Lipinski definition) is 1. The van der Waals surface area contributed by atoms with Crippen LogP contribution in [-0.4, -0.2) is 46.7 Å². The van der Waals surface area contributed by atoms with Gasteiger partial charge < -0.3 is 14.7 Å². The molecule has 1 saturated heterocycles. The Kier molecular flexibility index (Phi) is 5.62. The second kappa shape index (κ2) is 7.25. The van der Waals surface area contributed by atoms with Gasteiger partial charge in [0.15, 0.2) is 0 Å². The summed E-state index contributed by atoms with van der Waals surface area (Å²) in [5, 5.41) is 9.38. The lowest BCUT2D eigenvalue weighted by Crippen LogP contribution is -2.53. The van der Waals surface area contributed by atoms with Crippen LogP contribution in [0.1, 0.15) is 58.8 Å². The standard InChI is InChI=1S/C16H27NO4/c1-3-14(21-12-6-4-5-7-12)15(18)17-9-8-11(2)10-13(17)16(19)20/h11-14H,3-10H2,1-2H3,(H,19,20). The van der Waals surface area contributed by atoms with E-state index in [-0.39, 0.29) is 12.0 Å². The number of carboxylic acid groups (broad SMARTS) is 1. The Balaban J connectivity index is 2.02. The third-order valence-electron chi connectivity index (χ3n) is 4.74. The Morgan fingerprint density at radius 1 is 1.29 bits per heavy atom. The van der Waals surface area contributed by atoms with Crippen molar-refractivity contribution >= 4 is 11.9 Å². The van der Waals surface area contributed by atoms with E-state index < -0.39 is 18.1 Å². The lowest BCUT2D eigenvalue weighted by Gasteiger charge is -2.38. The smallest absolute Gasteiger partial charge is 0.326 e. The minimum absolute atomic E-state index is 0.135. The monoisotopic (exact) mass is 297 g/mol. The number of hydrogen-bond acceptors (Lipinski definition) is 3. The Morgan fingerprint density at radius 2 is 1.95 bits per heavy atom. The number of likely N-dealkylation sites (tertiary alicyclic amines) is 1. The Labute approximate surface area is 126 Å². The van der Waals surface area contributed by atoms with E-state index in [1.54, 1.807) is 0 Å². The molecule has 1 aliphatic carbocycles. The number of rotatable bonds is 5. The summed E-state index contributed by atoms with van der Waals surface area (Å²) in [7, 11) is 0. The van der Waals surface area contributed by atoms with Crippen LogP contribution in [0.4, 0.5) is 0 Å². The third-order valence-corrected chi connectivity index (χ3v) is 4.74. The van der Waals surface area contributed by atoms with Crippen molar-refractivity contribution in [2.75, 3.05) is 6.54 Å². The van der Waals surface area contributed by atoms with Gasteiger partial charge in [-0.1, -0.05) is 26.7 Å². The van der Waals surface area contributed by atoms with Crippen molar-refractivity contribution in [1.82, 2.24) is 4.90 Å². The van der Waals surface area contributed by atoms with E-state index in [2.05, 4.69) is 0 Å². The van der Waals surface area contributed by atoms with Crippen molar-refractivity contribution in [2.45, 2.75) is 77.0 Å². The van der Waals surface area contributed by atoms with Crippen molar-refractivity contribution in [2.24, 2.45) is 5.92 Å².